The number of nitrogens with two attached hydrogens (primary N) is 1. The zero-order valence-corrected chi connectivity index (χ0v) is 10.1. The summed E-state index contributed by atoms with van der Waals surface area (Å²) in [6.07, 6.45) is 0. The highest BCUT2D eigenvalue weighted by Gasteiger charge is 2.14. The molecule has 0 aliphatic heterocycles. The van der Waals surface area contributed by atoms with E-state index in [1.165, 1.54) is 0 Å². The van der Waals surface area contributed by atoms with Crippen molar-refractivity contribution in [2.24, 2.45) is 0 Å². The highest BCUT2D eigenvalue weighted by Crippen LogP contribution is 2.13. The Morgan fingerprint density at radius 2 is 2.00 bits per heavy atom. The number of hydrogen-bond donors (Lipinski definition) is 2. The molecule has 1 amide bonds. The van der Waals surface area contributed by atoms with E-state index in [-0.39, 0.29) is 5.91 Å². The fourth-order valence-electron chi connectivity index (χ4n) is 1.08. The molecule has 0 aromatic heterocycles. The summed E-state index contributed by atoms with van der Waals surface area (Å²) in [5.41, 5.74) is 9.76. The molecule has 88 valence electrons. The first-order chi connectivity index (χ1) is 7.29. The van der Waals surface area contributed by atoms with E-state index in [9.17, 15) is 4.79 Å². The molecular weight excluding hydrogens is 204 g/mol. The monoisotopic (exact) mass is 222 g/mol. The second-order valence-corrected chi connectivity index (χ2v) is 4.72. The van der Waals surface area contributed by atoms with Gasteiger partial charge in [-0.1, -0.05) is 0 Å². The molecule has 0 radical (unpaired) electrons. The molecule has 0 unspecified atom stereocenters. The molecule has 0 saturated carbocycles. The van der Waals surface area contributed by atoms with Gasteiger partial charge >= 0.3 is 0 Å². The lowest BCUT2D eigenvalue weighted by molar-refractivity contribution is -0.0589. The molecule has 1 aromatic rings. The molecule has 1 aromatic carbocycles. The molecule has 0 spiro atoms. The van der Waals surface area contributed by atoms with Crippen molar-refractivity contribution >= 4 is 11.6 Å². The summed E-state index contributed by atoms with van der Waals surface area (Å²) in [6.45, 7) is 7.45. The van der Waals surface area contributed by atoms with Gasteiger partial charge < -0.3 is 5.73 Å². The molecular formula is C12H18N2O2. The molecule has 0 aliphatic rings. The van der Waals surface area contributed by atoms with Gasteiger partial charge in [-0.05, 0) is 51.5 Å². The molecule has 1 rings (SSSR count). The Kier molecular flexibility index (Phi) is 3.55. The van der Waals surface area contributed by atoms with Gasteiger partial charge in [0.25, 0.3) is 5.91 Å². The van der Waals surface area contributed by atoms with Gasteiger partial charge in [0.15, 0.2) is 0 Å². The molecule has 0 bridgehead atoms. The number of anilines is 1. The topological polar surface area (TPSA) is 64.3 Å². The number of carbonyl (C=O) groups is 1. The minimum absolute atomic E-state index is 0.266. The average Bonchev–Trinajstić information content (AvgIpc) is 2.17. The molecule has 4 nitrogen and oxygen atoms in total. The number of nitrogen functional groups attached to an aromatic ring is 1. The standard InChI is InChI=1S/C12H18N2O2/c1-8-7-9(5-6-10(8)13)11(15)14-16-12(2,3)4/h5-7H,13H2,1-4H3,(H,14,15). The summed E-state index contributed by atoms with van der Waals surface area (Å²) in [4.78, 5) is 16.9. The van der Waals surface area contributed by atoms with E-state index in [0.29, 0.717) is 11.3 Å². The maximum absolute atomic E-state index is 11.7. The number of hydroxylamine groups is 1. The normalized spacial score (nSPS) is 11.2. The van der Waals surface area contributed by atoms with E-state index in [1.807, 2.05) is 27.7 Å². The predicted molar refractivity (Wildman–Crippen MR) is 63.9 cm³/mol. The number of nitrogens with one attached hydrogen (secondary N) is 1. The van der Waals surface area contributed by atoms with Gasteiger partial charge in [-0.3, -0.25) is 9.63 Å². The van der Waals surface area contributed by atoms with Crippen LogP contribution in [0.15, 0.2) is 18.2 Å². The fourth-order valence-corrected chi connectivity index (χ4v) is 1.08. The highest BCUT2D eigenvalue weighted by atomic mass is 16.7. The third-order valence-corrected chi connectivity index (χ3v) is 1.98. The first kappa shape index (κ1) is 12.5. The molecule has 3 N–H and O–H groups in total. The van der Waals surface area contributed by atoms with Crippen LogP contribution in [0.3, 0.4) is 0 Å². The SMILES string of the molecule is Cc1cc(C(=O)NOC(C)(C)C)ccc1N. The third-order valence-electron chi connectivity index (χ3n) is 1.98. The van der Waals surface area contributed by atoms with Crippen LogP contribution in [0.4, 0.5) is 5.69 Å². The van der Waals surface area contributed by atoms with Crippen molar-refractivity contribution < 1.29 is 9.63 Å². The van der Waals surface area contributed by atoms with E-state index in [2.05, 4.69) is 5.48 Å². The Bertz CT molecular complexity index is 394. The fraction of sp³-hybridized carbons (Fsp3) is 0.417. The van der Waals surface area contributed by atoms with Crippen LogP contribution in [0.5, 0.6) is 0 Å². The van der Waals surface area contributed by atoms with Crippen LogP contribution in [0.2, 0.25) is 0 Å². The van der Waals surface area contributed by atoms with Crippen LogP contribution in [-0.4, -0.2) is 11.5 Å². The van der Waals surface area contributed by atoms with Crippen LogP contribution < -0.4 is 11.2 Å². The van der Waals surface area contributed by atoms with Crippen molar-refractivity contribution in [3.63, 3.8) is 0 Å². The average molecular weight is 222 g/mol. The summed E-state index contributed by atoms with van der Waals surface area (Å²) in [7, 11) is 0. The lowest BCUT2D eigenvalue weighted by Gasteiger charge is -2.19. The number of amides is 1. The van der Waals surface area contributed by atoms with E-state index in [1.54, 1.807) is 18.2 Å². The van der Waals surface area contributed by atoms with Crippen molar-refractivity contribution in [3.8, 4) is 0 Å². The van der Waals surface area contributed by atoms with Crippen LogP contribution in [0.1, 0.15) is 36.7 Å². The number of hydrogen-bond acceptors (Lipinski definition) is 3. The zero-order chi connectivity index (χ0) is 12.3. The molecule has 0 atom stereocenters. The summed E-state index contributed by atoms with van der Waals surface area (Å²) in [5.74, 6) is -0.266. The van der Waals surface area contributed by atoms with E-state index in [0.717, 1.165) is 5.56 Å². The predicted octanol–water partition coefficient (Wildman–Crippen LogP) is 2.04. The first-order valence-corrected chi connectivity index (χ1v) is 5.14. The second kappa shape index (κ2) is 4.53. The van der Waals surface area contributed by atoms with Gasteiger partial charge in [0.05, 0.1) is 5.60 Å². The van der Waals surface area contributed by atoms with Gasteiger partial charge in [-0.25, -0.2) is 5.48 Å². The summed E-state index contributed by atoms with van der Waals surface area (Å²) in [6, 6.07) is 5.11. The summed E-state index contributed by atoms with van der Waals surface area (Å²) in [5, 5.41) is 0. The zero-order valence-electron chi connectivity index (χ0n) is 10.1. The van der Waals surface area contributed by atoms with Gasteiger partial charge in [0.2, 0.25) is 0 Å². The van der Waals surface area contributed by atoms with Gasteiger partial charge in [0, 0.05) is 11.3 Å². The van der Waals surface area contributed by atoms with E-state index >= 15 is 0 Å². The molecule has 0 heterocycles. The van der Waals surface area contributed by atoms with Crippen LogP contribution >= 0.6 is 0 Å². The molecule has 0 aliphatic carbocycles. The third kappa shape index (κ3) is 3.55. The minimum atomic E-state index is -0.404. The lowest BCUT2D eigenvalue weighted by Crippen LogP contribution is -2.33. The van der Waals surface area contributed by atoms with Gasteiger partial charge in [0.1, 0.15) is 0 Å². The Morgan fingerprint density at radius 1 is 1.38 bits per heavy atom. The van der Waals surface area contributed by atoms with Crippen LogP contribution in [-0.2, 0) is 4.84 Å². The first-order valence-electron chi connectivity index (χ1n) is 5.14. The van der Waals surface area contributed by atoms with E-state index in [4.69, 9.17) is 10.6 Å². The number of rotatable bonds is 2. The van der Waals surface area contributed by atoms with Crippen molar-refractivity contribution in [1.29, 1.82) is 0 Å². The van der Waals surface area contributed by atoms with Crippen molar-refractivity contribution in [3.05, 3.63) is 29.3 Å². The Hall–Kier alpha value is -1.55. The maximum Gasteiger partial charge on any atom is 0.274 e. The Labute approximate surface area is 95.7 Å². The molecule has 0 saturated heterocycles. The van der Waals surface area contributed by atoms with Gasteiger partial charge in [-0.2, -0.15) is 0 Å². The molecule has 4 heteroatoms. The quantitative estimate of drug-likeness (QED) is 0.594. The van der Waals surface area contributed by atoms with Crippen molar-refractivity contribution in [2.45, 2.75) is 33.3 Å². The van der Waals surface area contributed by atoms with E-state index < -0.39 is 5.60 Å². The van der Waals surface area contributed by atoms with Crippen LogP contribution in [0.25, 0.3) is 0 Å². The molecule has 0 fully saturated rings. The minimum Gasteiger partial charge on any atom is -0.399 e. The number of aryl methyl sites for hydroxylation is 1. The summed E-state index contributed by atoms with van der Waals surface area (Å²) >= 11 is 0. The molecule has 16 heavy (non-hydrogen) atoms. The Balaban J connectivity index is 2.70. The van der Waals surface area contributed by atoms with Crippen LogP contribution in [0, 0.1) is 6.92 Å². The largest absolute Gasteiger partial charge is 0.399 e. The number of benzene rings is 1. The van der Waals surface area contributed by atoms with Gasteiger partial charge in [-0.15, -0.1) is 0 Å². The smallest absolute Gasteiger partial charge is 0.274 e. The van der Waals surface area contributed by atoms with Crippen molar-refractivity contribution in [1.82, 2.24) is 5.48 Å². The lowest BCUT2D eigenvalue weighted by atomic mass is 10.1. The highest BCUT2D eigenvalue weighted by molar-refractivity contribution is 5.94. The summed E-state index contributed by atoms with van der Waals surface area (Å²) < 4.78 is 0. The Morgan fingerprint density at radius 3 is 2.50 bits per heavy atom. The second-order valence-electron chi connectivity index (χ2n) is 4.72. The maximum atomic E-state index is 11.7. The van der Waals surface area contributed by atoms with Crippen molar-refractivity contribution in [2.75, 3.05) is 5.73 Å². The number of carbonyl (C=O) groups excluding carboxylic acids is 1.